The fourth-order valence-electron chi connectivity index (χ4n) is 1.37. The van der Waals surface area contributed by atoms with Crippen LogP contribution in [-0.2, 0) is 4.79 Å². The molecule has 0 saturated heterocycles. The van der Waals surface area contributed by atoms with Gasteiger partial charge >= 0.3 is 0 Å². The maximum Gasteiger partial charge on any atom is 0.225 e. The Kier molecular flexibility index (Phi) is 3.23. The molecule has 78 valence electrons. The minimum atomic E-state index is -0.0337. The van der Waals surface area contributed by atoms with E-state index in [-0.39, 0.29) is 5.91 Å². The van der Waals surface area contributed by atoms with Crippen molar-refractivity contribution in [1.82, 2.24) is 0 Å². The molecule has 2 nitrogen and oxygen atoms in total. The molecule has 0 saturated carbocycles. The van der Waals surface area contributed by atoms with Crippen molar-refractivity contribution in [2.75, 3.05) is 11.2 Å². The lowest BCUT2D eigenvalue weighted by Crippen LogP contribution is -2.11. The Morgan fingerprint density at radius 2 is 2.20 bits per heavy atom. The largest absolute Gasteiger partial charge is 0.325 e. The minimum Gasteiger partial charge on any atom is -0.325 e. The first kappa shape index (κ1) is 10.5. The van der Waals surface area contributed by atoms with Crippen molar-refractivity contribution in [3.05, 3.63) is 29.6 Å². The number of benzene rings is 1. The number of hydrogen-bond donors (Lipinski definition) is 1. The number of fused-ring (bicyclic) bond motifs is 1. The molecule has 0 fully saturated rings. The third-order valence-corrected chi connectivity index (χ3v) is 3.23. The average molecular weight is 240 g/mol. The molecule has 0 bridgehead atoms. The van der Waals surface area contributed by atoms with E-state index < -0.39 is 0 Å². The maximum atomic E-state index is 11.4. The molecule has 0 atom stereocenters. The SMILES string of the molecule is O=C(CCCl)Nc1csc2ccccc12. The second-order valence-corrected chi connectivity index (χ2v) is 4.42. The van der Waals surface area contributed by atoms with Gasteiger partial charge in [-0.2, -0.15) is 0 Å². The Morgan fingerprint density at radius 1 is 1.40 bits per heavy atom. The van der Waals surface area contributed by atoms with Crippen molar-refractivity contribution in [3.63, 3.8) is 0 Å². The van der Waals surface area contributed by atoms with Gasteiger partial charge < -0.3 is 5.32 Å². The lowest BCUT2D eigenvalue weighted by atomic mass is 10.2. The summed E-state index contributed by atoms with van der Waals surface area (Å²) < 4.78 is 1.18. The molecule has 0 aliphatic carbocycles. The highest BCUT2D eigenvalue weighted by Crippen LogP contribution is 2.29. The van der Waals surface area contributed by atoms with Gasteiger partial charge in [-0.3, -0.25) is 4.79 Å². The van der Waals surface area contributed by atoms with Gasteiger partial charge in [-0.25, -0.2) is 0 Å². The van der Waals surface area contributed by atoms with Gasteiger partial charge in [0.1, 0.15) is 0 Å². The van der Waals surface area contributed by atoms with Gasteiger partial charge in [0.2, 0.25) is 5.91 Å². The van der Waals surface area contributed by atoms with E-state index in [2.05, 4.69) is 5.32 Å². The van der Waals surface area contributed by atoms with Crippen molar-refractivity contribution >= 4 is 44.6 Å². The number of hydrogen-bond acceptors (Lipinski definition) is 2. The van der Waals surface area contributed by atoms with E-state index in [1.54, 1.807) is 11.3 Å². The first-order valence-corrected chi connectivity index (χ1v) is 6.04. The van der Waals surface area contributed by atoms with Crippen molar-refractivity contribution in [1.29, 1.82) is 0 Å². The van der Waals surface area contributed by atoms with Gasteiger partial charge in [-0.1, -0.05) is 18.2 Å². The fraction of sp³-hybridized carbons (Fsp3) is 0.182. The van der Waals surface area contributed by atoms with Crippen LogP contribution in [0.1, 0.15) is 6.42 Å². The molecule has 0 radical (unpaired) electrons. The second kappa shape index (κ2) is 4.64. The van der Waals surface area contributed by atoms with E-state index in [0.29, 0.717) is 12.3 Å². The van der Waals surface area contributed by atoms with Crippen LogP contribution in [0, 0.1) is 0 Å². The summed E-state index contributed by atoms with van der Waals surface area (Å²) in [7, 11) is 0. The van der Waals surface area contributed by atoms with Gasteiger partial charge in [0, 0.05) is 27.8 Å². The van der Waals surface area contributed by atoms with Crippen molar-refractivity contribution in [3.8, 4) is 0 Å². The second-order valence-electron chi connectivity index (χ2n) is 3.13. The zero-order valence-corrected chi connectivity index (χ0v) is 9.57. The number of anilines is 1. The quantitative estimate of drug-likeness (QED) is 0.817. The fourth-order valence-corrected chi connectivity index (χ4v) is 2.44. The Bertz CT molecular complexity index is 480. The van der Waals surface area contributed by atoms with Crippen molar-refractivity contribution in [2.24, 2.45) is 0 Å². The van der Waals surface area contributed by atoms with Crippen LogP contribution in [0.2, 0.25) is 0 Å². The van der Waals surface area contributed by atoms with Gasteiger partial charge in [-0.05, 0) is 6.07 Å². The molecular formula is C11H10ClNOS. The molecule has 2 rings (SSSR count). The molecular weight excluding hydrogens is 230 g/mol. The Morgan fingerprint density at radius 3 is 3.00 bits per heavy atom. The van der Waals surface area contributed by atoms with Crippen LogP contribution in [0.15, 0.2) is 29.6 Å². The van der Waals surface area contributed by atoms with Crippen LogP contribution in [0.4, 0.5) is 5.69 Å². The molecule has 1 N–H and O–H groups in total. The average Bonchev–Trinajstić information content (AvgIpc) is 2.62. The van der Waals surface area contributed by atoms with Gasteiger partial charge in [-0.15, -0.1) is 22.9 Å². The lowest BCUT2D eigenvalue weighted by molar-refractivity contribution is -0.115. The standard InChI is InChI=1S/C11H10ClNOS/c12-6-5-11(14)13-9-7-15-10-4-2-1-3-8(9)10/h1-4,7H,5-6H2,(H,13,14). The number of carbonyl (C=O) groups excluding carboxylic acids is 1. The predicted molar refractivity (Wildman–Crippen MR) is 65.8 cm³/mol. The lowest BCUT2D eigenvalue weighted by Gasteiger charge is -2.01. The van der Waals surface area contributed by atoms with Crippen LogP contribution in [0.25, 0.3) is 10.1 Å². The van der Waals surface area contributed by atoms with Gasteiger partial charge in [0.25, 0.3) is 0 Å². The summed E-state index contributed by atoms with van der Waals surface area (Å²) in [4.78, 5) is 11.4. The molecule has 1 heterocycles. The maximum absolute atomic E-state index is 11.4. The molecule has 1 aromatic carbocycles. The Labute approximate surface area is 96.9 Å². The highest BCUT2D eigenvalue weighted by atomic mass is 35.5. The monoisotopic (exact) mass is 239 g/mol. The normalized spacial score (nSPS) is 10.5. The molecule has 4 heteroatoms. The summed E-state index contributed by atoms with van der Waals surface area (Å²) in [6, 6.07) is 7.99. The molecule has 0 unspecified atom stereocenters. The van der Waals surface area contributed by atoms with Crippen LogP contribution >= 0.6 is 22.9 Å². The van der Waals surface area contributed by atoms with E-state index in [1.807, 2.05) is 29.6 Å². The summed E-state index contributed by atoms with van der Waals surface area (Å²) >= 11 is 7.12. The number of nitrogens with one attached hydrogen (secondary N) is 1. The van der Waals surface area contributed by atoms with E-state index >= 15 is 0 Å². The van der Waals surface area contributed by atoms with E-state index in [1.165, 1.54) is 4.70 Å². The number of thiophene rings is 1. The molecule has 0 aliphatic heterocycles. The van der Waals surface area contributed by atoms with Crippen molar-refractivity contribution in [2.45, 2.75) is 6.42 Å². The summed E-state index contributed by atoms with van der Waals surface area (Å²) in [5, 5.41) is 5.90. The number of rotatable bonds is 3. The van der Waals surface area contributed by atoms with Crippen molar-refractivity contribution < 1.29 is 4.79 Å². The zero-order valence-electron chi connectivity index (χ0n) is 8.00. The smallest absolute Gasteiger partial charge is 0.225 e. The number of halogens is 1. The predicted octanol–water partition coefficient (Wildman–Crippen LogP) is 3.47. The zero-order chi connectivity index (χ0) is 10.7. The molecule has 2 aromatic rings. The van der Waals surface area contributed by atoms with Crippen LogP contribution in [0.3, 0.4) is 0 Å². The number of carbonyl (C=O) groups is 1. The van der Waals surface area contributed by atoms with Crippen LogP contribution < -0.4 is 5.32 Å². The number of amides is 1. The third kappa shape index (κ3) is 2.30. The molecule has 1 aromatic heterocycles. The van der Waals surface area contributed by atoms with E-state index in [0.717, 1.165) is 11.1 Å². The Balaban J connectivity index is 2.25. The molecule has 0 spiro atoms. The van der Waals surface area contributed by atoms with Crippen LogP contribution in [0.5, 0.6) is 0 Å². The summed E-state index contributed by atoms with van der Waals surface area (Å²) in [6.07, 6.45) is 0.353. The number of alkyl halides is 1. The minimum absolute atomic E-state index is 0.0337. The third-order valence-electron chi connectivity index (χ3n) is 2.08. The van der Waals surface area contributed by atoms with E-state index in [4.69, 9.17) is 11.6 Å². The van der Waals surface area contributed by atoms with Gasteiger partial charge in [0.05, 0.1) is 5.69 Å². The van der Waals surface area contributed by atoms with Crippen LogP contribution in [-0.4, -0.2) is 11.8 Å². The Hall–Kier alpha value is -1.06. The summed E-state index contributed by atoms with van der Waals surface area (Å²) in [5.41, 5.74) is 0.880. The van der Waals surface area contributed by atoms with Gasteiger partial charge in [0.15, 0.2) is 0 Å². The first-order chi connectivity index (χ1) is 7.31. The highest BCUT2D eigenvalue weighted by molar-refractivity contribution is 7.17. The molecule has 0 aliphatic rings. The molecule has 1 amide bonds. The highest BCUT2D eigenvalue weighted by Gasteiger charge is 2.06. The van der Waals surface area contributed by atoms with E-state index in [9.17, 15) is 4.79 Å². The molecule has 15 heavy (non-hydrogen) atoms. The summed E-state index contributed by atoms with van der Waals surface area (Å²) in [5.74, 6) is 0.321. The topological polar surface area (TPSA) is 29.1 Å². The summed E-state index contributed by atoms with van der Waals surface area (Å²) in [6.45, 7) is 0. The first-order valence-electron chi connectivity index (χ1n) is 4.63.